The molecule has 0 spiro atoms. The molecule has 4 rings (SSSR count). The Bertz CT molecular complexity index is 928. The largest absolute Gasteiger partial charge is 0.497 e. The maximum Gasteiger partial charge on any atom is 0.120 e. The van der Waals surface area contributed by atoms with Gasteiger partial charge in [-0.05, 0) is 35.4 Å². The fourth-order valence-electron chi connectivity index (χ4n) is 3.93. The second kappa shape index (κ2) is 9.97. The van der Waals surface area contributed by atoms with E-state index in [4.69, 9.17) is 9.47 Å². The SMILES string of the molecule is COc1cccc(N2CCOC(CNC(C)c3cccc4ccccc34)C2)c1.Cl. The van der Waals surface area contributed by atoms with Crippen molar-refractivity contribution in [1.82, 2.24) is 5.32 Å². The molecule has 0 aromatic heterocycles. The third-order valence-corrected chi connectivity index (χ3v) is 5.50. The topological polar surface area (TPSA) is 33.7 Å². The highest BCUT2D eigenvalue weighted by Crippen LogP contribution is 2.25. The number of ether oxygens (including phenoxy) is 2. The molecule has 0 bridgehead atoms. The summed E-state index contributed by atoms with van der Waals surface area (Å²) >= 11 is 0. The van der Waals surface area contributed by atoms with Crippen molar-refractivity contribution in [1.29, 1.82) is 0 Å². The Morgan fingerprint density at radius 2 is 1.90 bits per heavy atom. The Morgan fingerprint density at radius 1 is 1.10 bits per heavy atom. The van der Waals surface area contributed by atoms with Crippen LogP contribution in [0.3, 0.4) is 0 Å². The van der Waals surface area contributed by atoms with Crippen molar-refractivity contribution < 1.29 is 9.47 Å². The highest BCUT2D eigenvalue weighted by Gasteiger charge is 2.22. The number of fused-ring (bicyclic) bond motifs is 1. The monoisotopic (exact) mass is 412 g/mol. The first-order chi connectivity index (χ1) is 13.7. The Balaban J connectivity index is 0.00000240. The molecule has 1 fully saturated rings. The van der Waals surface area contributed by atoms with Crippen LogP contribution in [0.5, 0.6) is 5.75 Å². The highest BCUT2D eigenvalue weighted by molar-refractivity contribution is 5.86. The van der Waals surface area contributed by atoms with Crippen LogP contribution in [0.1, 0.15) is 18.5 Å². The molecule has 0 aliphatic carbocycles. The summed E-state index contributed by atoms with van der Waals surface area (Å²) < 4.78 is 11.4. The van der Waals surface area contributed by atoms with E-state index in [0.717, 1.165) is 32.0 Å². The van der Waals surface area contributed by atoms with Gasteiger partial charge < -0.3 is 19.7 Å². The van der Waals surface area contributed by atoms with Gasteiger partial charge in [-0.3, -0.25) is 0 Å². The van der Waals surface area contributed by atoms with Crippen molar-refractivity contribution in [2.45, 2.75) is 19.1 Å². The van der Waals surface area contributed by atoms with Crippen molar-refractivity contribution in [2.75, 3.05) is 38.3 Å². The van der Waals surface area contributed by atoms with Gasteiger partial charge in [-0.1, -0.05) is 48.5 Å². The van der Waals surface area contributed by atoms with E-state index < -0.39 is 0 Å². The van der Waals surface area contributed by atoms with Crippen molar-refractivity contribution in [3.63, 3.8) is 0 Å². The molecule has 0 amide bonds. The molecule has 1 aliphatic rings. The summed E-state index contributed by atoms with van der Waals surface area (Å²) in [6.07, 6.45) is 0.164. The first-order valence-corrected chi connectivity index (χ1v) is 9.96. The fourth-order valence-corrected chi connectivity index (χ4v) is 3.93. The lowest BCUT2D eigenvalue weighted by Gasteiger charge is -2.35. The first-order valence-electron chi connectivity index (χ1n) is 9.96. The van der Waals surface area contributed by atoms with Crippen molar-refractivity contribution in [3.05, 3.63) is 72.3 Å². The summed E-state index contributed by atoms with van der Waals surface area (Å²) in [4.78, 5) is 2.38. The summed E-state index contributed by atoms with van der Waals surface area (Å²) in [6.45, 7) is 5.58. The number of anilines is 1. The van der Waals surface area contributed by atoms with Crippen LogP contribution in [-0.4, -0.2) is 39.5 Å². The molecular formula is C24H29ClN2O2. The summed E-state index contributed by atoms with van der Waals surface area (Å²) in [5.74, 6) is 0.892. The zero-order valence-electron chi connectivity index (χ0n) is 17.0. The minimum atomic E-state index is 0. The molecular weight excluding hydrogens is 384 g/mol. The van der Waals surface area contributed by atoms with E-state index in [9.17, 15) is 0 Å². The van der Waals surface area contributed by atoms with Crippen LogP contribution in [0.4, 0.5) is 5.69 Å². The van der Waals surface area contributed by atoms with Crippen LogP contribution in [0.25, 0.3) is 10.8 Å². The second-order valence-electron chi connectivity index (χ2n) is 7.34. The number of halogens is 1. The van der Waals surface area contributed by atoms with E-state index >= 15 is 0 Å². The lowest BCUT2D eigenvalue weighted by Crippen LogP contribution is -2.47. The number of hydrogen-bond donors (Lipinski definition) is 1. The number of morpholine rings is 1. The summed E-state index contributed by atoms with van der Waals surface area (Å²) in [5, 5.41) is 6.28. The predicted octanol–water partition coefficient (Wildman–Crippen LogP) is 4.83. The number of benzene rings is 3. The Morgan fingerprint density at radius 3 is 2.76 bits per heavy atom. The number of nitrogens with zero attached hydrogens (tertiary/aromatic N) is 1. The van der Waals surface area contributed by atoms with Gasteiger partial charge in [0.05, 0.1) is 19.8 Å². The van der Waals surface area contributed by atoms with Gasteiger partial charge >= 0.3 is 0 Å². The predicted molar refractivity (Wildman–Crippen MR) is 123 cm³/mol. The highest BCUT2D eigenvalue weighted by atomic mass is 35.5. The van der Waals surface area contributed by atoms with Crippen LogP contribution in [0.2, 0.25) is 0 Å². The molecule has 4 nitrogen and oxygen atoms in total. The molecule has 1 aliphatic heterocycles. The van der Waals surface area contributed by atoms with Gasteiger partial charge in [0.25, 0.3) is 0 Å². The third-order valence-electron chi connectivity index (χ3n) is 5.50. The molecule has 2 unspecified atom stereocenters. The number of methoxy groups -OCH3 is 1. The molecule has 1 N–H and O–H groups in total. The summed E-state index contributed by atoms with van der Waals surface area (Å²) in [5.41, 5.74) is 2.52. The third kappa shape index (κ3) is 5.02. The quantitative estimate of drug-likeness (QED) is 0.629. The standard InChI is InChI=1S/C24H28N2O2.ClH/c1-18(23-12-5-8-19-7-3-4-11-24(19)23)25-16-22-17-26(13-14-28-22)20-9-6-10-21(15-20)27-2;/h3-12,15,18,22,25H,13-14,16-17H2,1-2H3;1H. The van der Waals surface area contributed by atoms with Gasteiger partial charge in [0, 0.05) is 37.4 Å². The molecule has 154 valence electrons. The van der Waals surface area contributed by atoms with Crippen LogP contribution >= 0.6 is 12.4 Å². The van der Waals surface area contributed by atoms with Crippen molar-refractivity contribution >= 4 is 28.9 Å². The summed E-state index contributed by atoms with van der Waals surface area (Å²) in [7, 11) is 1.71. The van der Waals surface area contributed by atoms with Crippen molar-refractivity contribution in [2.24, 2.45) is 0 Å². The molecule has 29 heavy (non-hydrogen) atoms. The van der Waals surface area contributed by atoms with Crippen LogP contribution in [0, 0.1) is 0 Å². The number of nitrogens with one attached hydrogen (secondary N) is 1. The van der Waals surface area contributed by atoms with Gasteiger partial charge in [0.15, 0.2) is 0 Å². The van der Waals surface area contributed by atoms with Gasteiger partial charge in [0.2, 0.25) is 0 Å². The van der Waals surface area contributed by atoms with E-state index in [0.29, 0.717) is 0 Å². The minimum absolute atomic E-state index is 0. The molecule has 5 heteroatoms. The lowest BCUT2D eigenvalue weighted by atomic mass is 9.99. The maximum atomic E-state index is 6.02. The molecule has 3 aromatic carbocycles. The molecule has 1 heterocycles. The lowest BCUT2D eigenvalue weighted by molar-refractivity contribution is 0.0394. The van der Waals surface area contributed by atoms with Gasteiger partial charge in [-0.25, -0.2) is 0 Å². The average molecular weight is 413 g/mol. The Hall–Kier alpha value is -2.27. The first kappa shape index (κ1) is 21.4. The number of rotatable bonds is 6. The number of hydrogen-bond acceptors (Lipinski definition) is 4. The van der Waals surface area contributed by atoms with E-state index in [1.807, 2.05) is 12.1 Å². The fraction of sp³-hybridized carbons (Fsp3) is 0.333. The van der Waals surface area contributed by atoms with Crippen LogP contribution in [-0.2, 0) is 4.74 Å². The Labute approximate surface area is 179 Å². The van der Waals surface area contributed by atoms with Crippen molar-refractivity contribution in [3.8, 4) is 5.75 Å². The van der Waals surface area contributed by atoms with Gasteiger partial charge in [-0.15, -0.1) is 12.4 Å². The Kier molecular flexibility index (Phi) is 7.37. The van der Waals surface area contributed by atoms with Crippen LogP contribution in [0.15, 0.2) is 66.7 Å². The molecule has 0 saturated carbocycles. The zero-order valence-corrected chi connectivity index (χ0v) is 17.8. The van der Waals surface area contributed by atoms with Crippen LogP contribution < -0.4 is 15.0 Å². The molecule has 1 saturated heterocycles. The molecule has 3 aromatic rings. The molecule has 2 atom stereocenters. The van der Waals surface area contributed by atoms with E-state index in [-0.39, 0.29) is 24.6 Å². The summed E-state index contributed by atoms with van der Waals surface area (Å²) in [6, 6.07) is 23.6. The van der Waals surface area contributed by atoms with Gasteiger partial charge in [-0.2, -0.15) is 0 Å². The second-order valence-corrected chi connectivity index (χ2v) is 7.34. The maximum absolute atomic E-state index is 6.02. The zero-order chi connectivity index (χ0) is 19.3. The van der Waals surface area contributed by atoms with E-state index in [1.165, 1.54) is 22.0 Å². The normalized spacial score (nSPS) is 17.6. The minimum Gasteiger partial charge on any atom is -0.497 e. The van der Waals surface area contributed by atoms with E-state index in [2.05, 4.69) is 71.7 Å². The van der Waals surface area contributed by atoms with E-state index in [1.54, 1.807) is 7.11 Å². The smallest absolute Gasteiger partial charge is 0.120 e. The molecule has 0 radical (unpaired) electrons. The van der Waals surface area contributed by atoms with Gasteiger partial charge in [0.1, 0.15) is 5.75 Å². The average Bonchev–Trinajstić information content (AvgIpc) is 2.77.